The van der Waals surface area contributed by atoms with Gasteiger partial charge in [0.1, 0.15) is 30.5 Å². The van der Waals surface area contributed by atoms with Crippen LogP contribution in [0.3, 0.4) is 0 Å². The van der Waals surface area contributed by atoms with Crippen LogP contribution in [0.15, 0.2) is 0 Å². The zero-order valence-corrected chi connectivity index (χ0v) is 24.7. The molecule has 7 rings (SSSR count). The molecular formula is C32H49O8. The van der Waals surface area contributed by atoms with Crippen molar-refractivity contribution >= 4 is 0 Å². The number of aliphatic hydroxyl groups excluding tert-OH is 5. The molecule has 0 amide bonds. The topological polar surface area (TPSA) is 129 Å². The summed E-state index contributed by atoms with van der Waals surface area (Å²) in [6, 6.07) is 0. The second-order valence-corrected chi connectivity index (χ2v) is 15.6. The van der Waals surface area contributed by atoms with E-state index < -0.39 is 30.7 Å². The molecule has 7 fully saturated rings. The third-order valence-corrected chi connectivity index (χ3v) is 14.0. The fourth-order valence-corrected chi connectivity index (χ4v) is 11.9. The van der Waals surface area contributed by atoms with E-state index in [1.807, 2.05) is 0 Å². The number of aliphatic hydroxyl groups is 5. The highest BCUT2D eigenvalue weighted by molar-refractivity contribution is 5.44. The van der Waals surface area contributed by atoms with E-state index in [4.69, 9.17) is 14.2 Å². The van der Waals surface area contributed by atoms with Crippen molar-refractivity contribution in [3.05, 3.63) is 18.1 Å². The first-order chi connectivity index (χ1) is 18.8. The summed E-state index contributed by atoms with van der Waals surface area (Å²) in [6.07, 6.45) is 4.18. The summed E-state index contributed by atoms with van der Waals surface area (Å²) in [7, 11) is 0. The first-order valence-electron chi connectivity index (χ1n) is 15.6. The van der Waals surface area contributed by atoms with Gasteiger partial charge < -0.3 is 39.7 Å². The molecule has 5 saturated carbocycles. The summed E-state index contributed by atoms with van der Waals surface area (Å²) in [5, 5.41) is 52.5. The first-order valence-corrected chi connectivity index (χ1v) is 15.6. The summed E-state index contributed by atoms with van der Waals surface area (Å²) >= 11 is 0. The maximum absolute atomic E-state index is 12.1. The number of fused-ring (bicyclic) bond motifs is 4. The van der Waals surface area contributed by atoms with E-state index in [9.17, 15) is 25.5 Å². The van der Waals surface area contributed by atoms with E-state index in [0.717, 1.165) is 51.0 Å². The molecule has 8 nitrogen and oxygen atoms in total. The molecule has 40 heavy (non-hydrogen) atoms. The maximum Gasteiger partial charge on any atom is 0.186 e. The monoisotopic (exact) mass is 561 g/mol. The maximum atomic E-state index is 12.1. The zero-order valence-electron chi connectivity index (χ0n) is 24.7. The highest BCUT2D eigenvalue weighted by Gasteiger charge is 2.85. The summed E-state index contributed by atoms with van der Waals surface area (Å²) in [4.78, 5) is 0. The molecule has 2 aliphatic heterocycles. The van der Waals surface area contributed by atoms with E-state index in [1.54, 1.807) is 5.92 Å². The molecule has 0 bridgehead atoms. The van der Waals surface area contributed by atoms with Crippen LogP contribution in [0.25, 0.3) is 0 Å². The Hall–Kier alpha value is -0.320. The van der Waals surface area contributed by atoms with Crippen molar-refractivity contribution < 1.29 is 39.7 Å². The van der Waals surface area contributed by atoms with E-state index in [2.05, 4.69) is 34.6 Å². The average molecular weight is 562 g/mol. The van der Waals surface area contributed by atoms with Crippen molar-refractivity contribution in [3.63, 3.8) is 0 Å². The van der Waals surface area contributed by atoms with Crippen LogP contribution >= 0.6 is 0 Å². The molecule has 2 spiro atoms. The Kier molecular flexibility index (Phi) is 6.31. The second kappa shape index (κ2) is 8.87. The van der Waals surface area contributed by atoms with E-state index in [1.165, 1.54) is 6.42 Å². The van der Waals surface area contributed by atoms with Crippen LogP contribution in [-0.4, -0.2) is 75.6 Å². The Balaban J connectivity index is 1.16. The smallest absolute Gasteiger partial charge is 0.186 e. The largest absolute Gasteiger partial charge is 0.393 e. The van der Waals surface area contributed by atoms with Crippen molar-refractivity contribution in [2.45, 2.75) is 123 Å². The van der Waals surface area contributed by atoms with Gasteiger partial charge in [0.05, 0.1) is 25.4 Å². The molecule has 8 heteroatoms. The van der Waals surface area contributed by atoms with Gasteiger partial charge in [-0.25, -0.2) is 0 Å². The normalized spacial score (nSPS) is 57.9. The Morgan fingerprint density at radius 1 is 0.975 bits per heavy atom. The van der Waals surface area contributed by atoms with Crippen LogP contribution in [0.1, 0.15) is 86.0 Å². The van der Waals surface area contributed by atoms with Gasteiger partial charge in [-0.3, -0.25) is 0 Å². The summed E-state index contributed by atoms with van der Waals surface area (Å²) in [5.74, 6) is 2.54. The molecule has 3 radical (unpaired) electrons. The summed E-state index contributed by atoms with van der Waals surface area (Å²) < 4.78 is 18.3. The standard InChI is InChI=1S/C32H49O8/c1-16-12-17(13-33)39-25-22(16)29(4)10-11-32-15-31(32)9-8-21(40-27-24(36)23(35)18(34)14-38-27)28(2,3)19(31)6-7-20(32)30(29,5)26(25)37/h16,18-19,21-24,26-27,33-37H,6-15H2,1-5H3/t16-,18-,19+,21+,22+,23+,24-,26+,27+,29-,30-,31-,32+/m1/s1. The molecule has 0 aromatic rings. The predicted molar refractivity (Wildman–Crippen MR) is 144 cm³/mol. The van der Waals surface area contributed by atoms with Crippen LogP contribution in [0.5, 0.6) is 0 Å². The van der Waals surface area contributed by atoms with Gasteiger partial charge in [-0.05, 0) is 90.8 Å². The van der Waals surface area contributed by atoms with Crippen molar-refractivity contribution in [1.82, 2.24) is 0 Å². The minimum absolute atomic E-state index is 0.0512. The third-order valence-electron chi connectivity index (χ3n) is 14.0. The molecule has 2 heterocycles. The van der Waals surface area contributed by atoms with E-state index in [0.29, 0.717) is 17.9 Å². The van der Waals surface area contributed by atoms with E-state index in [-0.39, 0.29) is 52.3 Å². The molecule has 5 aliphatic carbocycles. The van der Waals surface area contributed by atoms with E-state index >= 15 is 0 Å². The molecule has 225 valence electrons. The van der Waals surface area contributed by atoms with Crippen molar-refractivity contribution in [1.29, 1.82) is 0 Å². The molecule has 7 aliphatic rings. The van der Waals surface area contributed by atoms with Gasteiger partial charge in [0.2, 0.25) is 0 Å². The number of rotatable bonds is 3. The van der Waals surface area contributed by atoms with Gasteiger partial charge in [-0.1, -0.05) is 34.6 Å². The molecule has 5 N–H and O–H groups in total. The number of hydrogen-bond acceptors (Lipinski definition) is 8. The van der Waals surface area contributed by atoms with Gasteiger partial charge >= 0.3 is 0 Å². The SMILES string of the molecule is C[C@@H]1C[C](CO)O[C]2[C@H]1[C@@]1(C)CC[C@@]34C[C@@]35CC[C@H](O[C@@H]3OC[C@@H](O)[C@H](O)[C@H]3O)C(C)(C)[C@@H]5CC[C]4[C@]1(C)[C@H]2O. The molecule has 0 unspecified atom stereocenters. The molecular weight excluding hydrogens is 512 g/mol. The lowest BCUT2D eigenvalue weighted by Gasteiger charge is -2.63. The third kappa shape index (κ3) is 3.26. The van der Waals surface area contributed by atoms with Gasteiger partial charge in [0.15, 0.2) is 6.29 Å². The highest BCUT2D eigenvalue weighted by Crippen LogP contribution is 2.90. The number of hydrogen-bond donors (Lipinski definition) is 5. The van der Waals surface area contributed by atoms with Crippen molar-refractivity contribution in [2.75, 3.05) is 13.2 Å². The van der Waals surface area contributed by atoms with Gasteiger partial charge in [-0.2, -0.15) is 0 Å². The summed E-state index contributed by atoms with van der Waals surface area (Å²) in [5.41, 5.74) is -0.250. The lowest BCUT2D eigenvalue weighted by molar-refractivity contribution is -0.301. The van der Waals surface area contributed by atoms with Crippen LogP contribution in [0, 0.1) is 63.0 Å². The lowest BCUT2D eigenvalue weighted by atomic mass is 9.41. The van der Waals surface area contributed by atoms with Crippen LogP contribution < -0.4 is 0 Å². The van der Waals surface area contributed by atoms with Gasteiger partial charge in [0.25, 0.3) is 0 Å². The molecule has 13 atom stereocenters. The molecule has 0 aromatic carbocycles. The zero-order chi connectivity index (χ0) is 28.6. The Morgan fingerprint density at radius 2 is 1.73 bits per heavy atom. The van der Waals surface area contributed by atoms with Gasteiger partial charge in [-0.15, -0.1) is 0 Å². The Bertz CT molecular complexity index is 1020. The average Bonchev–Trinajstić information content (AvgIpc) is 3.55. The van der Waals surface area contributed by atoms with Crippen LogP contribution in [-0.2, 0) is 14.2 Å². The first kappa shape index (κ1) is 28.5. The van der Waals surface area contributed by atoms with Crippen molar-refractivity contribution in [2.24, 2.45) is 44.8 Å². The Morgan fingerprint density at radius 3 is 2.45 bits per heavy atom. The second-order valence-electron chi connectivity index (χ2n) is 15.6. The Labute approximate surface area is 238 Å². The minimum atomic E-state index is -1.27. The summed E-state index contributed by atoms with van der Waals surface area (Å²) in [6.45, 7) is 11.4. The van der Waals surface area contributed by atoms with Crippen molar-refractivity contribution in [3.8, 4) is 0 Å². The quantitative estimate of drug-likeness (QED) is 0.333. The lowest BCUT2D eigenvalue weighted by Crippen LogP contribution is -2.60. The number of ether oxygens (including phenoxy) is 3. The van der Waals surface area contributed by atoms with Crippen LogP contribution in [0.4, 0.5) is 0 Å². The van der Waals surface area contributed by atoms with Gasteiger partial charge in [0, 0.05) is 11.3 Å². The minimum Gasteiger partial charge on any atom is -0.393 e. The van der Waals surface area contributed by atoms with Crippen LogP contribution in [0.2, 0.25) is 0 Å². The fourth-order valence-electron chi connectivity index (χ4n) is 11.9. The highest BCUT2D eigenvalue weighted by atomic mass is 16.7. The molecule has 2 saturated heterocycles. The molecule has 0 aromatic heterocycles. The fraction of sp³-hybridized carbons (Fsp3) is 0.906. The predicted octanol–water partition coefficient (Wildman–Crippen LogP) is 2.90.